The molecule has 0 bridgehead atoms. The van der Waals surface area contributed by atoms with Crippen LogP contribution in [0.25, 0.3) is 11.3 Å². The third-order valence-electron chi connectivity index (χ3n) is 1.87. The van der Waals surface area contributed by atoms with Crippen LogP contribution < -0.4 is 4.90 Å². The SMILES string of the molecule is Cc1cc(-c2ccccc2)o[n+]1[O-]. The molecule has 1 aromatic carbocycles. The van der Waals surface area contributed by atoms with Gasteiger partial charge in [0.15, 0.2) is 0 Å². The smallest absolute Gasteiger partial charge is 0.243 e. The molecule has 2 aromatic rings. The van der Waals surface area contributed by atoms with Crippen molar-refractivity contribution in [1.82, 2.24) is 0 Å². The Morgan fingerprint density at radius 3 is 2.46 bits per heavy atom. The lowest BCUT2D eigenvalue weighted by Gasteiger charge is -1.94. The molecule has 0 fully saturated rings. The highest BCUT2D eigenvalue weighted by Crippen LogP contribution is 2.17. The summed E-state index contributed by atoms with van der Waals surface area (Å²) in [6, 6.07) is 11.3. The summed E-state index contributed by atoms with van der Waals surface area (Å²) < 4.78 is 4.96. The van der Waals surface area contributed by atoms with Gasteiger partial charge in [0.05, 0.1) is 5.76 Å². The van der Waals surface area contributed by atoms with Crippen molar-refractivity contribution in [2.24, 2.45) is 0 Å². The maximum Gasteiger partial charge on any atom is 0.243 e. The molecule has 0 aliphatic rings. The quantitative estimate of drug-likeness (QED) is 0.621. The van der Waals surface area contributed by atoms with Crippen molar-refractivity contribution in [2.45, 2.75) is 6.92 Å². The Balaban J connectivity index is 2.48. The van der Waals surface area contributed by atoms with Gasteiger partial charge in [-0.2, -0.15) is 0 Å². The van der Waals surface area contributed by atoms with Crippen LogP contribution in [0.3, 0.4) is 0 Å². The summed E-state index contributed by atoms with van der Waals surface area (Å²) in [5.41, 5.74) is 1.49. The van der Waals surface area contributed by atoms with Gasteiger partial charge in [0.1, 0.15) is 0 Å². The molecule has 0 spiro atoms. The highest BCUT2D eigenvalue weighted by Gasteiger charge is 2.07. The van der Waals surface area contributed by atoms with Crippen molar-refractivity contribution >= 4 is 0 Å². The Kier molecular flexibility index (Phi) is 1.77. The van der Waals surface area contributed by atoms with E-state index in [0.717, 1.165) is 5.56 Å². The van der Waals surface area contributed by atoms with Gasteiger partial charge in [-0.05, 0) is 5.56 Å². The number of benzene rings is 1. The molecule has 0 atom stereocenters. The largest absolute Gasteiger partial charge is 0.366 e. The van der Waals surface area contributed by atoms with Crippen LogP contribution in [-0.2, 0) is 0 Å². The maximum atomic E-state index is 11.0. The Labute approximate surface area is 75.8 Å². The first-order valence-corrected chi connectivity index (χ1v) is 4.03. The first-order valence-electron chi connectivity index (χ1n) is 4.03. The number of nitrogens with zero attached hydrogens (tertiary/aromatic N) is 1. The molecule has 66 valence electrons. The van der Waals surface area contributed by atoms with Gasteiger partial charge < -0.3 is 4.52 Å². The molecule has 0 aliphatic carbocycles. The van der Waals surface area contributed by atoms with Gasteiger partial charge in [0.25, 0.3) is 0 Å². The number of rotatable bonds is 1. The maximum absolute atomic E-state index is 11.0. The van der Waals surface area contributed by atoms with Gasteiger partial charge >= 0.3 is 0 Å². The van der Waals surface area contributed by atoms with Crippen LogP contribution in [-0.4, -0.2) is 0 Å². The molecule has 0 N–H and O–H groups in total. The fourth-order valence-corrected chi connectivity index (χ4v) is 1.17. The first kappa shape index (κ1) is 7.86. The average molecular weight is 175 g/mol. The Bertz CT molecular complexity index is 387. The van der Waals surface area contributed by atoms with E-state index in [1.54, 1.807) is 13.0 Å². The van der Waals surface area contributed by atoms with E-state index >= 15 is 0 Å². The van der Waals surface area contributed by atoms with Gasteiger partial charge in [-0.3, -0.25) is 5.21 Å². The average Bonchev–Trinajstić information content (AvgIpc) is 2.49. The number of aryl methyl sites for hydroxylation is 1. The van der Waals surface area contributed by atoms with E-state index in [2.05, 4.69) is 0 Å². The Morgan fingerprint density at radius 2 is 1.92 bits per heavy atom. The second-order valence-corrected chi connectivity index (χ2v) is 2.86. The van der Waals surface area contributed by atoms with E-state index in [1.165, 1.54) is 0 Å². The molecule has 3 heteroatoms. The zero-order valence-corrected chi connectivity index (χ0v) is 7.23. The topological polar surface area (TPSA) is 40.1 Å². The van der Waals surface area contributed by atoms with E-state index in [0.29, 0.717) is 16.4 Å². The number of aromatic nitrogens is 1. The lowest BCUT2D eigenvalue weighted by molar-refractivity contribution is -0.795. The molecule has 0 radical (unpaired) electrons. The molecule has 1 aromatic heterocycles. The van der Waals surface area contributed by atoms with E-state index in [4.69, 9.17) is 4.52 Å². The van der Waals surface area contributed by atoms with Crippen LogP contribution in [0.4, 0.5) is 0 Å². The van der Waals surface area contributed by atoms with Crippen LogP contribution >= 0.6 is 0 Å². The van der Waals surface area contributed by atoms with Crippen molar-refractivity contribution in [2.75, 3.05) is 0 Å². The van der Waals surface area contributed by atoms with E-state index < -0.39 is 0 Å². The zero-order valence-electron chi connectivity index (χ0n) is 7.23. The molecule has 13 heavy (non-hydrogen) atoms. The molecule has 0 saturated carbocycles. The highest BCUT2D eigenvalue weighted by molar-refractivity contribution is 5.56. The minimum atomic E-state index is 0.516. The van der Waals surface area contributed by atoms with Crippen molar-refractivity contribution in [1.29, 1.82) is 0 Å². The fraction of sp³-hybridized carbons (Fsp3) is 0.100. The van der Waals surface area contributed by atoms with E-state index in [-0.39, 0.29) is 0 Å². The summed E-state index contributed by atoms with van der Waals surface area (Å²) in [4.78, 5) is 0.516. The predicted octanol–water partition coefficient (Wildman–Crippen LogP) is 1.89. The molecular formula is C10H9NO2. The van der Waals surface area contributed by atoms with Crippen molar-refractivity contribution in [3.8, 4) is 11.3 Å². The lowest BCUT2D eigenvalue weighted by Crippen LogP contribution is -2.25. The van der Waals surface area contributed by atoms with Gasteiger partial charge in [0, 0.05) is 17.9 Å². The second-order valence-electron chi connectivity index (χ2n) is 2.86. The minimum Gasteiger partial charge on any atom is -0.366 e. The lowest BCUT2D eigenvalue weighted by atomic mass is 10.2. The van der Waals surface area contributed by atoms with Gasteiger partial charge in [0.2, 0.25) is 5.69 Å². The summed E-state index contributed by atoms with van der Waals surface area (Å²) in [6.45, 7) is 1.71. The monoisotopic (exact) mass is 175 g/mol. The van der Waals surface area contributed by atoms with Crippen molar-refractivity contribution in [3.63, 3.8) is 0 Å². The summed E-state index contributed by atoms with van der Waals surface area (Å²) >= 11 is 0. The van der Waals surface area contributed by atoms with Gasteiger partial charge in [-0.1, -0.05) is 30.3 Å². The molecule has 0 aliphatic heterocycles. The molecule has 0 amide bonds. The molecule has 2 rings (SSSR count). The van der Waals surface area contributed by atoms with Gasteiger partial charge in [-0.15, -0.1) is 0 Å². The van der Waals surface area contributed by atoms with E-state index in [9.17, 15) is 5.21 Å². The Hall–Kier alpha value is -1.77. The molecular weight excluding hydrogens is 166 g/mol. The molecule has 0 saturated heterocycles. The highest BCUT2D eigenvalue weighted by atomic mass is 16.7. The predicted molar refractivity (Wildman–Crippen MR) is 47.8 cm³/mol. The summed E-state index contributed by atoms with van der Waals surface area (Å²) in [5, 5.41) is 11.0. The standard InChI is InChI=1S/C10H9NO2/c1-8-7-10(13-11(8)12)9-5-3-2-4-6-9/h2-7H,1H3. The van der Waals surface area contributed by atoms with Crippen molar-refractivity contribution in [3.05, 3.63) is 47.3 Å². The van der Waals surface area contributed by atoms with E-state index in [1.807, 2.05) is 30.3 Å². The second kappa shape index (κ2) is 2.94. The normalized spacial score (nSPS) is 10.2. The molecule has 1 heterocycles. The fourth-order valence-electron chi connectivity index (χ4n) is 1.17. The third-order valence-corrected chi connectivity index (χ3v) is 1.87. The summed E-state index contributed by atoms with van der Waals surface area (Å²) in [5.74, 6) is 0.605. The van der Waals surface area contributed by atoms with Crippen LogP contribution in [0.2, 0.25) is 0 Å². The van der Waals surface area contributed by atoms with Crippen LogP contribution in [0.5, 0.6) is 0 Å². The van der Waals surface area contributed by atoms with Crippen LogP contribution in [0.1, 0.15) is 5.69 Å². The summed E-state index contributed by atoms with van der Waals surface area (Å²) in [7, 11) is 0. The Morgan fingerprint density at radius 1 is 1.23 bits per heavy atom. The molecule has 0 unspecified atom stereocenters. The number of hydrogen-bond acceptors (Lipinski definition) is 2. The first-order chi connectivity index (χ1) is 6.27. The third kappa shape index (κ3) is 1.40. The van der Waals surface area contributed by atoms with Crippen LogP contribution in [0, 0.1) is 12.1 Å². The number of hydrogen-bond donors (Lipinski definition) is 0. The minimum absolute atomic E-state index is 0.516. The zero-order chi connectivity index (χ0) is 9.26. The van der Waals surface area contributed by atoms with Gasteiger partial charge in [-0.25, -0.2) is 0 Å². The molecule has 3 nitrogen and oxygen atoms in total. The summed E-state index contributed by atoms with van der Waals surface area (Å²) in [6.07, 6.45) is 0. The van der Waals surface area contributed by atoms with Crippen molar-refractivity contribution < 1.29 is 9.43 Å². The van der Waals surface area contributed by atoms with Crippen LogP contribution in [0.15, 0.2) is 40.9 Å².